The zero-order valence-electron chi connectivity index (χ0n) is 23.1. The van der Waals surface area contributed by atoms with Crippen molar-refractivity contribution in [2.75, 3.05) is 11.9 Å². The van der Waals surface area contributed by atoms with E-state index in [9.17, 15) is 4.79 Å². The van der Waals surface area contributed by atoms with Crippen molar-refractivity contribution in [3.63, 3.8) is 0 Å². The van der Waals surface area contributed by atoms with Crippen molar-refractivity contribution in [2.24, 2.45) is 0 Å². The van der Waals surface area contributed by atoms with E-state index in [0.29, 0.717) is 22.9 Å². The van der Waals surface area contributed by atoms with Crippen molar-refractivity contribution in [3.8, 4) is 5.75 Å². The lowest BCUT2D eigenvalue weighted by molar-refractivity contribution is -0.689. The van der Waals surface area contributed by atoms with E-state index in [0.717, 1.165) is 24.2 Å². The SMILES string of the molecule is CCCCCCCCCCCCCCOc1ccc(C(=O)Nc2cccc(C[n+]3ccsc3C)c2)c(Cl)c1. The van der Waals surface area contributed by atoms with Gasteiger partial charge in [0.15, 0.2) is 12.7 Å². The molecule has 1 N–H and O–H groups in total. The number of nitrogens with zero attached hydrogens (tertiary/aromatic N) is 1. The second-order valence-electron chi connectivity index (χ2n) is 10.1. The van der Waals surface area contributed by atoms with Gasteiger partial charge in [-0.05, 0) is 36.8 Å². The molecule has 206 valence electrons. The van der Waals surface area contributed by atoms with E-state index < -0.39 is 0 Å². The summed E-state index contributed by atoms with van der Waals surface area (Å²) < 4.78 is 8.08. The van der Waals surface area contributed by atoms with Gasteiger partial charge in [0.25, 0.3) is 5.91 Å². The van der Waals surface area contributed by atoms with Crippen LogP contribution in [0.5, 0.6) is 5.75 Å². The molecule has 0 saturated heterocycles. The van der Waals surface area contributed by atoms with Gasteiger partial charge in [0.1, 0.15) is 5.75 Å². The third kappa shape index (κ3) is 10.8. The molecule has 1 heterocycles. The maximum absolute atomic E-state index is 12.9. The first-order valence-corrected chi connectivity index (χ1v) is 15.6. The Bertz CT molecular complexity index is 1110. The monoisotopic (exact) mass is 555 g/mol. The highest BCUT2D eigenvalue weighted by Crippen LogP contribution is 2.24. The summed E-state index contributed by atoms with van der Waals surface area (Å²) in [4.78, 5) is 12.9. The van der Waals surface area contributed by atoms with Gasteiger partial charge in [-0.15, -0.1) is 0 Å². The van der Waals surface area contributed by atoms with Crippen molar-refractivity contribution in [1.29, 1.82) is 0 Å². The highest BCUT2D eigenvalue weighted by atomic mass is 35.5. The molecule has 0 spiro atoms. The number of amides is 1. The average Bonchev–Trinajstić information content (AvgIpc) is 3.31. The number of hydrogen-bond acceptors (Lipinski definition) is 3. The molecule has 1 aromatic heterocycles. The standard InChI is InChI=1S/C32H43ClN2O2S/c1-3-4-5-6-7-8-9-10-11-12-13-14-21-37-29-18-19-30(31(33)24-29)32(36)34-28-17-15-16-27(23-28)25-35-20-22-38-26(35)2/h15-20,22-24H,3-14,21,25H2,1-2H3/p+1. The number of benzene rings is 2. The molecule has 0 aliphatic carbocycles. The quantitative estimate of drug-likeness (QED) is 0.125. The lowest BCUT2D eigenvalue weighted by Gasteiger charge is -2.10. The van der Waals surface area contributed by atoms with Gasteiger partial charge >= 0.3 is 0 Å². The van der Waals surface area contributed by atoms with E-state index >= 15 is 0 Å². The first-order chi connectivity index (χ1) is 18.6. The van der Waals surface area contributed by atoms with E-state index in [1.165, 1.54) is 75.6 Å². The molecule has 1 amide bonds. The van der Waals surface area contributed by atoms with Crippen molar-refractivity contribution in [1.82, 2.24) is 0 Å². The lowest BCUT2D eigenvalue weighted by atomic mass is 10.1. The van der Waals surface area contributed by atoms with Crippen LogP contribution in [0.2, 0.25) is 5.02 Å². The number of rotatable bonds is 18. The van der Waals surface area contributed by atoms with Crippen LogP contribution in [-0.4, -0.2) is 12.5 Å². The summed E-state index contributed by atoms with van der Waals surface area (Å²) in [5.74, 6) is 0.485. The van der Waals surface area contributed by atoms with E-state index in [4.69, 9.17) is 16.3 Å². The van der Waals surface area contributed by atoms with Gasteiger partial charge in [0.2, 0.25) is 5.01 Å². The molecule has 0 saturated carbocycles. The first-order valence-electron chi connectivity index (χ1n) is 14.3. The van der Waals surface area contributed by atoms with Crippen molar-refractivity contribution in [2.45, 2.75) is 97.4 Å². The Morgan fingerprint density at radius 2 is 1.61 bits per heavy atom. The number of carbonyl (C=O) groups is 1. The molecule has 38 heavy (non-hydrogen) atoms. The smallest absolute Gasteiger partial charge is 0.257 e. The predicted molar refractivity (Wildman–Crippen MR) is 161 cm³/mol. The van der Waals surface area contributed by atoms with Gasteiger partial charge in [-0.3, -0.25) is 4.79 Å². The van der Waals surface area contributed by atoms with E-state index in [1.54, 1.807) is 23.5 Å². The maximum Gasteiger partial charge on any atom is 0.257 e. The first kappa shape index (κ1) is 30.2. The number of halogens is 1. The molecule has 0 aliphatic rings. The van der Waals surface area contributed by atoms with Gasteiger partial charge in [0, 0.05) is 18.2 Å². The Hall–Kier alpha value is -2.37. The molecule has 0 radical (unpaired) electrons. The fourth-order valence-electron chi connectivity index (χ4n) is 4.58. The molecule has 6 heteroatoms. The number of anilines is 1. The molecule has 4 nitrogen and oxygen atoms in total. The van der Waals surface area contributed by atoms with Gasteiger partial charge < -0.3 is 10.1 Å². The van der Waals surface area contributed by atoms with E-state index in [-0.39, 0.29) is 5.91 Å². The fourth-order valence-corrected chi connectivity index (χ4v) is 5.51. The number of thiazole rings is 1. The second kappa shape index (κ2) is 17.3. The highest BCUT2D eigenvalue weighted by Gasteiger charge is 2.13. The Labute approximate surface area is 238 Å². The second-order valence-corrected chi connectivity index (χ2v) is 11.6. The zero-order chi connectivity index (χ0) is 27.0. The molecule has 0 unspecified atom stereocenters. The minimum atomic E-state index is -0.223. The summed E-state index contributed by atoms with van der Waals surface area (Å²) in [5.41, 5.74) is 2.32. The number of aryl methyl sites for hydroxylation is 1. The van der Waals surface area contributed by atoms with Gasteiger partial charge in [-0.25, -0.2) is 0 Å². The van der Waals surface area contributed by atoms with Crippen LogP contribution in [0.4, 0.5) is 5.69 Å². The minimum absolute atomic E-state index is 0.223. The third-order valence-electron chi connectivity index (χ3n) is 6.87. The molecule has 0 atom stereocenters. The molecule has 3 rings (SSSR count). The molecule has 0 bridgehead atoms. The molecular formula is C32H44ClN2O2S+. The van der Waals surface area contributed by atoms with Crippen LogP contribution in [-0.2, 0) is 6.54 Å². The Balaban J connectivity index is 1.33. The Morgan fingerprint density at radius 3 is 2.24 bits per heavy atom. The number of ether oxygens (including phenoxy) is 1. The molecule has 3 aromatic rings. The van der Waals surface area contributed by atoms with Crippen LogP contribution < -0.4 is 14.6 Å². The number of unbranched alkanes of at least 4 members (excludes halogenated alkanes) is 11. The average molecular weight is 556 g/mol. The largest absolute Gasteiger partial charge is 0.494 e. The number of carbonyl (C=O) groups excluding carboxylic acids is 1. The van der Waals surface area contributed by atoms with Crippen LogP contribution in [0.15, 0.2) is 54.0 Å². The predicted octanol–water partition coefficient (Wildman–Crippen LogP) is 9.38. The lowest BCUT2D eigenvalue weighted by Crippen LogP contribution is -2.34. The highest BCUT2D eigenvalue weighted by molar-refractivity contribution is 7.09. The summed E-state index contributed by atoms with van der Waals surface area (Å²) in [6.45, 7) is 5.81. The topological polar surface area (TPSA) is 42.2 Å². The summed E-state index contributed by atoms with van der Waals surface area (Å²) in [7, 11) is 0. The van der Waals surface area contributed by atoms with Crippen molar-refractivity contribution >= 4 is 34.5 Å². The minimum Gasteiger partial charge on any atom is -0.494 e. The fraction of sp³-hybridized carbons (Fsp3) is 0.500. The van der Waals surface area contributed by atoms with Crippen molar-refractivity contribution in [3.05, 3.63) is 75.2 Å². The van der Waals surface area contributed by atoms with Gasteiger partial charge in [0.05, 0.1) is 22.6 Å². The van der Waals surface area contributed by atoms with Crippen LogP contribution >= 0.6 is 22.9 Å². The number of nitrogens with one attached hydrogen (secondary N) is 1. The summed E-state index contributed by atoms with van der Waals surface area (Å²) in [6, 6.07) is 13.2. The normalized spacial score (nSPS) is 11.0. The molecule has 0 aliphatic heterocycles. The zero-order valence-corrected chi connectivity index (χ0v) is 24.7. The molecule has 2 aromatic carbocycles. The molecule has 0 fully saturated rings. The van der Waals surface area contributed by atoms with Gasteiger partial charge in [-0.2, -0.15) is 4.57 Å². The Kier molecular flexibility index (Phi) is 13.7. The Morgan fingerprint density at radius 1 is 0.921 bits per heavy atom. The summed E-state index contributed by atoms with van der Waals surface area (Å²) in [5, 5.41) is 6.70. The van der Waals surface area contributed by atoms with Crippen LogP contribution in [0.25, 0.3) is 0 Å². The van der Waals surface area contributed by atoms with Crippen LogP contribution in [0.1, 0.15) is 105 Å². The van der Waals surface area contributed by atoms with E-state index in [2.05, 4.69) is 41.4 Å². The summed E-state index contributed by atoms with van der Waals surface area (Å²) >= 11 is 8.17. The number of hydrogen-bond donors (Lipinski definition) is 1. The van der Waals surface area contributed by atoms with Crippen LogP contribution in [0.3, 0.4) is 0 Å². The van der Waals surface area contributed by atoms with E-state index in [1.807, 2.05) is 24.3 Å². The molecular weight excluding hydrogens is 512 g/mol. The van der Waals surface area contributed by atoms with Crippen LogP contribution in [0, 0.1) is 6.92 Å². The maximum atomic E-state index is 12.9. The number of aromatic nitrogens is 1. The third-order valence-corrected chi connectivity index (χ3v) is 8.02. The summed E-state index contributed by atoms with van der Waals surface area (Å²) in [6.07, 6.45) is 17.9. The van der Waals surface area contributed by atoms with Gasteiger partial charge in [-0.1, -0.05) is 113 Å². The van der Waals surface area contributed by atoms with Crippen molar-refractivity contribution < 1.29 is 14.1 Å².